The maximum Gasteiger partial charge on any atom is 0.357 e. The molecule has 8 heteroatoms. The van der Waals surface area contributed by atoms with Crippen LogP contribution >= 0.6 is 11.3 Å². The minimum Gasteiger partial charge on any atom is -0.461 e. The van der Waals surface area contributed by atoms with Crippen LogP contribution in [0.5, 0.6) is 0 Å². The van der Waals surface area contributed by atoms with Crippen LogP contribution in [0.3, 0.4) is 0 Å². The zero-order valence-electron chi connectivity index (χ0n) is 14.9. The Morgan fingerprint density at radius 2 is 2.00 bits per heavy atom. The molecule has 0 atom stereocenters. The Morgan fingerprint density at radius 3 is 2.67 bits per heavy atom. The van der Waals surface area contributed by atoms with Crippen LogP contribution in [0.2, 0.25) is 0 Å². The van der Waals surface area contributed by atoms with Gasteiger partial charge in [0.1, 0.15) is 0 Å². The molecule has 144 valence electrons. The van der Waals surface area contributed by atoms with Crippen LogP contribution in [0.25, 0.3) is 0 Å². The van der Waals surface area contributed by atoms with Crippen molar-refractivity contribution in [2.24, 2.45) is 0 Å². The number of likely N-dealkylation sites (tertiary alicyclic amines) is 1. The molecule has 1 saturated heterocycles. The van der Waals surface area contributed by atoms with Gasteiger partial charge in [-0.1, -0.05) is 6.07 Å². The summed E-state index contributed by atoms with van der Waals surface area (Å²) in [5.41, 5.74) is 0.786. The van der Waals surface area contributed by atoms with Crippen molar-refractivity contribution >= 4 is 23.2 Å². The molecule has 1 aliphatic rings. The molecular formula is C19H20F2N2O3S. The van der Waals surface area contributed by atoms with Gasteiger partial charge in [0.25, 0.3) is 0 Å². The first-order valence-corrected chi connectivity index (χ1v) is 9.70. The first-order chi connectivity index (χ1) is 13.0. The molecule has 1 aromatic heterocycles. The molecule has 0 unspecified atom stereocenters. The molecular weight excluding hydrogens is 374 g/mol. The SMILES string of the molecule is CCOC(=O)c1csc(C2CCN(C(=O)Cc3ccc(F)c(F)c3)CC2)n1. The highest BCUT2D eigenvalue weighted by Gasteiger charge is 2.26. The van der Waals surface area contributed by atoms with Crippen LogP contribution in [-0.4, -0.2) is 41.5 Å². The molecule has 1 amide bonds. The minimum atomic E-state index is -0.944. The van der Waals surface area contributed by atoms with E-state index in [1.807, 2.05) is 0 Å². The number of ether oxygens (including phenoxy) is 1. The molecule has 2 heterocycles. The van der Waals surface area contributed by atoms with Gasteiger partial charge in [0.2, 0.25) is 5.91 Å². The lowest BCUT2D eigenvalue weighted by molar-refractivity contribution is -0.131. The van der Waals surface area contributed by atoms with E-state index >= 15 is 0 Å². The number of piperidine rings is 1. The van der Waals surface area contributed by atoms with E-state index in [1.165, 1.54) is 17.4 Å². The average Bonchev–Trinajstić information content (AvgIpc) is 3.15. The van der Waals surface area contributed by atoms with E-state index in [0.29, 0.717) is 31.0 Å². The van der Waals surface area contributed by atoms with Crippen molar-refractivity contribution in [1.82, 2.24) is 9.88 Å². The van der Waals surface area contributed by atoms with Gasteiger partial charge in [-0.3, -0.25) is 4.79 Å². The largest absolute Gasteiger partial charge is 0.461 e. The lowest BCUT2D eigenvalue weighted by atomic mass is 9.97. The smallest absolute Gasteiger partial charge is 0.357 e. The van der Waals surface area contributed by atoms with Crippen molar-refractivity contribution in [2.75, 3.05) is 19.7 Å². The molecule has 1 fully saturated rings. The fraction of sp³-hybridized carbons (Fsp3) is 0.421. The molecule has 3 rings (SSSR count). The monoisotopic (exact) mass is 394 g/mol. The standard InChI is InChI=1S/C19H20F2N2O3S/c1-2-26-19(25)16-11-27-18(22-16)13-5-7-23(8-6-13)17(24)10-12-3-4-14(20)15(21)9-12/h3-4,9,11,13H,2,5-8,10H2,1H3. The molecule has 0 saturated carbocycles. The molecule has 27 heavy (non-hydrogen) atoms. The van der Waals surface area contributed by atoms with E-state index in [-0.39, 0.29) is 18.2 Å². The summed E-state index contributed by atoms with van der Waals surface area (Å²) in [6.07, 6.45) is 1.55. The molecule has 0 bridgehead atoms. The number of hydrogen-bond acceptors (Lipinski definition) is 5. The van der Waals surface area contributed by atoms with Gasteiger partial charge in [-0.25, -0.2) is 18.6 Å². The number of rotatable bonds is 5. The van der Waals surface area contributed by atoms with E-state index in [9.17, 15) is 18.4 Å². The summed E-state index contributed by atoms with van der Waals surface area (Å²) in [7, 11) is 0. The Labute approximate surface area is 160 Å². The number of nitrogens with zero attached hydrogens (tertiary/aromatic N) is 2. The van der Waals surface area contributed by atoms with Crippen LogP contribution < -0.4 is 0 Å². The zero-order chi connectivity index (χ0) is 19.4. The molecule has 0 radical (unpaired) electrons. The lowest BCUT2D eigenvalue weighted by Gasteiger charge is -2.31. The molecule has 0 aliphatic carbocycles. The summed E-state index contributed by atoms with van der Waals surface area (Å²) < 4.78 is 31.2. The summed E-state index contributed by atoms with van der Waals surface area (Å²) >= 11 is 1.43. The number of carbonyl (C=O) groups is 2. The number of hydrogen-bond donors (Lipinski definition) is 0. The van der Waals surface area contributed by atoms with E-state index in [1.54, 1.807) is 17.2 Å². The second-order valence-electron chi connectivity index (χ2n) is 6.37. The normalized spacial score (nSPS) is 15.0. The van der Waals surface area contributed by atoms with E-state index < -0.39 is 17.6 Å². The second kappa shape index (κ2) is 8.56. The third kappa shape index (κ3) is 4.68. The van der Waals surface area contributed by atoms with Crippen LogP contribution in [0.15, 0.2) is 23.6 Å². The lowest BCUT2D eigenvalue weighted by Crippen LogP contribution is -2.38. The fourth-order valence-electron chi connectivity index (χ4n) is 3.09. The van der Waals surface area contributed by atoms with Gasteiger partial charge in [-0.2, -0.15) is 0 Å². The predicted molar refractivity (Wildman–Crippen MR) is 96.7 cm³/mol. The van der Waals surface area contributed by atoms with Gasteiger partial charge in [0, 0.05) is 24.4 Å². The molecule has 0 spiro atoms. The molecule has 2 aromatic rings. The summed E-state index contributed by atoms with van der Waals surface area (Å²) in [4.78, 5) is 30.2. The Morgan fingerprint density at radius 1 is 1.26 bits per heavy atom. The highest BCUT2D eigenvalue weighted by atomic mass is 32.1. The second-order valence-corrected chi connectivity index (χ2v) is 7.26. The first kappa shape index (κ1) is 19.4. The van der Waals surface area contributed by atoms with Crippen molar-refractivity contribution in [3.63, 3.8) is 0 Å². The van der Waals surface area contributed by atoms with Gasteiger partial charge in [0.15, 0.2) is 17.3 Å². The topological polar surface area (TPSA) is 59.5 Å². The first-order valence-electron chi connectivity index (χ1n) is 8.82. The summed E-state index contributed by atoms with van der Waals surface area (Å²) in [5, 5.41) is 2.58. The van der Waals surface area contributed by atoms with Crippen molar-refractivity contribution in [2.45, 2.75) is 32.1 Å². The maximum absolute atomic E-state index is 13.3. The number of carbonyl (C=O) groups excluding carboxylic acids is 2. The van der Waals surface area contributed by atoms with Crippen LogP contribution in [0.1, 0.15) is 46.7 Å². The highest BCUT2D eigenvalue weighted by molar-refractivity contribution is 7.09. The van der Waals surface area contributed by atoms with Gasteiger partial charge in [-0.05, 0) is 37.5 Å². The van der Waals surface area contributed by atoms with Crippen molar-refractivity contribution < 1.29 is 23.1 Å². The number of benzene rings is 1. The highest BCUT2D eigenvalue weighted by Crippen LogP contribution is 2.30. The maximum atomic E-state index is 13.3. The number of halogens is 2. The summed E-state index contributed by atoms with van der Waals surface area (Å²) in [5.74, 6) is -2.19. The van der Waals surface area contributed by atoms with Gasteiger partial charge >= 0.3 is 5.97 Å². The Kier molecular flexibility index (Phi) is 6.15. The molecule has 1 aromatic carbocycles. The van der Waals surface area contributed by atoms with Gasteiger partial charge < -0.3 is 9.64 Å². The zero-order valence-corrected chi connectivity index (χ0v) is 15.7. The van der Waals surface area contributed by atoms with Crippen molar-refractivity contribution in [3.05, 3.63) is 51.5 Å². The van der Waals surface area contributed by atoms with Gasteiger partial charge in [-0.15, -0.1) is 11.3 Å². The Balaban J connectivity index is 1.54. The Bertz CT molecular complexity index is 832. The van der Waals surface area contributed by atoms with Crippen molar-refractivity contribution in [3.8, 4) is 0 Å². The quantitative estimate of drug-likeness (QED) is 0.728. The third-order valence-electron chi connectivity index (χ3n) is 4.54. The van der Waals surface area contributed by atoms with Gasteiger partial charge in [0.05, 0.1) is 18.0 Å². The average molecular weight is 394 g/mol. The van der Waals surface area contributed by atoms with Crippen LogP contribution in [0, 0.1) is 11.6 Å². The number of aromatic nitrogens is 1. The van der Waals surface area contributed by atoms with E-state index in [4.69, 9.17) is 4.74 Å². The summed E-state index contributed by atoms with van der Waals surface area (Å²) in [6, 6.07) is 3.52. The predicted octanol–water partition coefficient (Wildman–Crippen LogP) is 3.55. The minimum absolute atomic E-state index is 0.0477. The fourth-order valence-corrected chi connectivity index (χ4v) is 4.05. The third-order valence-corrected chi connectivity index (χ3v) is 5.55. The van der Waals surface area contributed by atoms with Crippen LogP contribution in [-0.2, 0) is 16.0 Å². The van der Waals surface area contributed by atoms with Crippen molar-refractivity contribution in [1.29, 1.82) is 0 Å². The van der Waals surface area contributed by atoms with E-state index in [2.05, 4.69) is 4.98 Å². The van der Waals surface area contributed by atoms with Crippen LogP contribution in [0.4, 0.5) is 8.78 Å². The van der Waals surface area contributed by atoms with E-state index in [0.717, 1.165) is 30.0 Å². The Hall–Kier alpha value is -2.35. The molecule has 5 nitrogen and oxygen atoms in total. The number of thiazole rings is 1. The number of amides is 1. The number of esters is 1. The molecule has 0 N–H and O–H groups in total. The summed E-state index contributed by atoms with van der Waals surface area (Å²) in [6.45, 7) is 3.20. The molecule has 1 aliphatic heterocycles.